The van der Waals surface area contributed by atoms with Crippen LogP contribution in [0.5, 0.6) is 5.88 Å². The molecule has 1 aromatic rings. The van der Waals surface area contributed by atoms with E-state index < -0.39 is 24.6 Å². The molecule has 96 valence electrons. The van der Waals surface area contributed by atoms with Gasteiger partial charge in [-0.25, -0.2) is 4.98 Å². The van der Waals surface area contributed by atoms with Gasteiger partial charge in [0.2, 0.25) is 5.88 Å². The number of hydrogen-bond acceptors (Lipinski definition) is 3. The zero-order valence-electron chi connectivity index (χ0n) is 8.35. The number of hydrogen-bond donors (Lipinski definition) is 0. The molecule has 0 aliphatic carbocycles. The Hall–Kier alpha value is -1.18. The van der Waals surface area contributed by atoms with E-state index in [1.54, 1.807) is 0 Å². The molecule has 0 atom stereocenters. The van der Waals surface area contributed by atoms with Crippen molar-refractivity contribution in [1.29, 1.82) is 0 Å². The van der Waals surface area contributed by atoms with Gasteiger partial charge in [-0.1, -0.05) is 11.6 Å². The van der Waals surface area contributed by atoms with Crippen LogP contribution in [-0.2, 0) is 0 Å². The predicted octanol–water partition coefficient (Wildman–Crippen LogP) is 3.01. The molecule has 3 nitrogen and oxygen atoms in total. The molecule has 0 unspecified atom stereocenters. The van der Waals surface area contributed by atoms with E-state index in [9.17, 15) is 22.0 Å². The van der Waals surface area contributed by atoms with Gasteiger partial charge in [0.1, 0.15) is 11.0 Å². The van der Waals surface area contributed by atoms with Gasteiger partial charge >= 0.3 is 12.1 Å². The van der Waals surface area contributed by atoms with Crippen molar-refractivity contribution >= 4 is 11.6 Å². The van der Waals surface area contributed by atoms with Crippen LogP contribution >= 0.6 is 11.6 Å². The molecule has 0 radical (unpaired) electrons. The Balaban J connectivity index is 2.74. The van der Waals surface area contributed by atoms with E-state index in [1.807, 2.05) is 0 Å². The summed E-state index contributed by atoms with van der Waals surface area (Å²) in [6.07, 6.45) is -5.67. The van der Waals surface area contributed by atoms with Gasteiger partial charge in [-0.15, -0.1) is 0 Å². The Morgan fingerprint density at radius 3 is 2.29 bits per heavy atom. The van der Waals surface area contributed by atoms with Gasteiger partial charge in [0.15, 0.2) is 6.61 Å². The van der Waals surface area contributed by atoms with Crippen LogP contribution in [0.15, 0.2) is 6.07 Å². The van der Waals surface area contributed by atoms with Crippen LogP contribution in [0.2, 0.25) is 5.15 Å². The molecule has 0 saturated heterocycles. The molecular weight excluding hydrogens is 271 g/mol. The van der Waals surface area contributed by atoms with E-state index in [1.165, 1.54) is 6.92 Å². The predicted molar refractivity (Wildman–Crippen MR) is 48.3 cm³/mol. The van der Waals surface area contributed by atoms with E-state index in [0.29, 0.717) is 0 Å². The molecule has 0 aliphatic rings. The van der Waals surface area contributed by atoms with E-state index in [0.717, 1.165) is 6.07 Å². The third-order valence-corrected chi connectivity index (χ3v) is 1.79. The first-order valence-corrected chi connectivity index (χ1v) is 4.58. The summed E-state index contributed by atoms with van der Waals surface area (Å²) in [5.74, 6) is -5.28. The minimum absolute atomic E-state index is 0.0998. The summed E-state index contributed by atoms with van der Waals surface area (Å²) in [7, 11) is 0. The quantitative estimate of drug-likeness (QED) is 0.629. The molecule has 1 rings (SSSR count). The lowest BCUT2D eigenvalue weighted by Gasteiger charge is -2.19. The Morgan fingerprint density at radius 1 is 1.24 bits per heavy atom. The molecule has 0 aliphatic heterocycles. The van der Waals surface area contributed by atoms with Crippen molar-refractivity contribution in [2.24, 2.45) is 0 Å². The summed E-state index contributed by atoms with van der Waals surface area (Å²) in [4.78, 5) is 7.09. The second-order valence-corrected chi connectivity index (χ2v) is 3.45. The third kappa shape index (κ3) is 3.65. The van der Waals surface area contributed by atoms with Crippen LogP contribution in [0, 0.1) is 6.92 Å². The Morgan fingerprint density at radius 2 is 1.82 bits per heavy atom. The van der Waals surface area contributed by atoms with E-state index >= 15 is 0 Å². The number of halogens is 6. The van der Waals surface area contributed by atoms with Crippen molar-refractivity contribution in [2.75, 3.05) is 6.61 Å². The maximum Gasteiger partial charge on any atom is 0.456 e. The van der Waals surface area contributed by atoms with Crippen LogP contribution in [0.1, 0.15) is 5.82 Å². The van der Waals surface area contributed by atoms with Crippen LogP contribution in [-0.4, -0.2) is 28.7 Å². The monoisotopic (exact) mass is 276 g/mol. The van der Waals surface area contributed by atoms with Gasteiger partial charge in [-0.2, -0.15) is 26.9 Å². The highest BCUT2D eigenvalue weighted by molar-refractivity contribution is 6.29. The van der Waals surface area contributed by atoms with Gasteiger partial charge in [-0.05, 0) is 6.92 Å². The van der Waals surface area contributed by atoms with Gasteiger partial charge < -0.3 is 4.74 Å². The highest BCUT2D eigenvalue weighted by Crippen LogP contribution is 2.35. The average molecular weight is 277 g/mol. The Labute approximate surface area is 97.6 Å². The Bertz CT molecular complexity index is 389. The van der Waals surface area contributed by atoms with Crippen molar-refractivity contribution in [3.63, 3.8) is 0 Å². The normalized spacial score (nSPS) is 12.6. The molecule has 1 aromatic heterocycles. The minimum atomic E-state index is -5.67. The summed E-state index contributed by atoms with van der Waals surface area (Å²) in [6, 6.07) is 0.945. The third-order valence-electron chi connectivity index (χ3n) is 1.60. The molecule has 0 bridgehead atoms. The van der Waals surface area contributed by atoms with Crippen molar-refractivity contribution in [3.8, 4) is 5.88 Å². The summed E-state index contributed by atoms with van der Waals surface area (Å²) in [6.45, 7) is -0.468. The maximum absolute atomic E-state index is 12.5. The molecule has 9 heteroatoms. The zero-order chi connectivity index (χ0) is 13.3. The Kier molecular flexibility index (Phi) is 3.75. The molecule has 0 amide bonds. The summed E-state index contributed by atoms with van der Waals surface area (Å²) in [5, 5.41) is -0.108. The van der Waals surface area contributed by atoms with Crippen molar-refractivity contribution in [3.05, 3.63) is 17.0 Å². The molecule has 0 spiro atoms. The van der Waals surface area contributed by atoms with E-state index in [2.05, 4.69) is 14.7 Å². The first kappa shape index (κ1) is 13.9. The average Bonchev–Trinajstić information content (AvgIpc) is 2.11. The molecule has 1 heterocycles. The highest BCUT2D eigenvalue weighted by Gasteiger charge is 2.58. The van der Waals surface area contributed by atoms with Gasteiger partial charge in [-0.3, -0.25) is 0 Å². The molecule has 0 fully saturated rings. The number of rotatable bonds is 3. The number of ether oxygens (including phenoxy) is 1. The minimum Gasteiger partial charge on any atom is -0.471 e. The lowest BCUT2D eigenvalue weighted by atomic mass is 10.3. The van der Waals surface area contributed by atoms with Crippen molar-refractivity contribution in [2.45, 2.75) is 19.0 Å². The van der Waals surface area contributed by atoms with Crippen molar-refractivity contribution < 1.29 is 26.7 Å². The second-order valence-electron chi connectivity index (χ2n) is 3.07. The van der Waals surface area contributed by atoms with Crippen LogP contribution < -0.4 is 4.74 Å². The molecular formula is C8H6ClF5N2O. The number of aryl methyl sites for hydroxylation is 1. The lowest BCUT2D eigenvalue weighted by Crippen LogP contribution is -2.41. The van der Waals surface area contributed by atoms with Crippen LogP contribution in [0.25, 0.3) is 0 Å². The fraction of sp³-hybridized carbons (Fsp3) is 0.500. The van der Waals surface area contributed by atoms with Gasteiger partial charge in [0, 0.05) is 6.07 Å². The van der Waals surface area contributed by atoms with Crippen molar-refractivity contribution in [1.82, 2.24) is 9.97 Å². The summed E-state index contributed by atoms with van der Waals surface area (Å²) < 4.78 is 64.7. The first-order valence-electron chi connectivity index (χ1n) is 4.20. The van der Waals surface area contributed by atoms with E-state index in [-0.39, 0.29) is 11.0 Å². The fourth-order valence-electron chi connectivity index (χ4n) is 0.826. The van der Waals surface area contributed by atoms with Crippen LogP contribution in [0.3, 0.4) is 0 Å². The molecule has 0 aromatic carbocycles. The maximum atomic E-state index is 12.5. The van der Waals surface area contributed by atoms with Gasteiger partial charge in [0.25, 0.3) is 0 Å². The van der Waals surface area contributed by atoms with E-state index in [4.69, 9.17) is 11.6 Å². The molecule has 17 heavy (non-hydrogen) atoms. The fourth-order valence-corrected chi connectivity index (χ4v) is 1.04. The van der Waals surface area contributed by atoms with Crippen LogP contribution in [0.4, 0.5) is 22.0 Å². The number of alkyl halides is 5. The SMILES string of the molecule is Cc1nc(Cl)cc(OCC(F)(F)C(F)(F)F)n1. The molecule has 0 saturated carbocycles. The summed E-state index contributed by atoms with van der Waals surface area (Å²) in [5.41, 5.74) is 0. The standard InChI is InChI=1S/C8H6ClF5N2O/c1-4-15-5(9)2-6(16-4)17-3-7(10,11)8(12,13)14/h2H,3H2,1H3. The first-order chi connectivity index (χ1) is 7.62. The number of nitrogens with zero attached hydrogens (tertiary/aromatic N) is 2. The van der Waals surface area contributed by atoms with Gasteiger partial charge in [0.05, 0.1) is 0 Å². The zero-order valence-corrected chi connectivity index (χ0v) is 9.11. The lowest BCUT2D eigenvalue weighted by molar-refractivity contribution is -0.290. The second kappa shape index (κ2) is 4.59. The number of aromatic nitrogens is 2. The largest absolute Gasteiger partial charge is 0.471 e. The smallest absolute Gasteiger partial charge is 0.456 e. The molecule has 0 N–H and O–H groups in total. The highest BCUT2D eigenvalue weighted by atomic mass is 35.5. The topological polar surface area (TPSA) is 35.0 Å². The summed E-state index contributed by atoms with van der Waals surface area (Å²) >= 11 is 5.45.